The molecule has 0 amide bonds. The van der Waals surface area contributed by atoms with E-state index in [4.69, 9.17) is 9.84 Å². The van der Waals surface area contributed by atoms with Gasteiger partial charge in [0.1, 0.15) is 11.5 Å². The van der Waals surface area contributed by atoms with Gasteiger partial charge in [-0.05, 0) is 20.2 Å². The zero-order valence-electron chi connectivity index (χ0n) is 11.0. The Balaban J connectivity index is 2.11. The molecular formula is C13H22N2O3. The summed E-state index contributed by atoms with van der Waals surface area (Å²) < 4.78 is 5.43. The number of phenols is 2. The highest BCUT2D eigenvalue weighted by atomic mass is 16.5. The Labute approximate surface area is 108 Å². The molecule has 1 rings (SSSR count). The van der Waals surface area contributed by atoms with Gasteiger partial charge in [0.15, 0.2) is 0 Å². The second kappa shape index (κ2) is 7.92. The minimum atomic E-state index is 0.0725. The SMILES string of the molecule is CN(C)CCOCCNCc1ccc(O)cc1O. The zero-order chi connectivity index (χ0) is 13.4. The zero-order valence-corrected chi connectivity index (χ0v) is 11.0. The molecule has 0 fully saturated rings. The summed E-state index contributed by atoms with van der Waals surface area (Å²) in [6, 6.07) is 4.60. The topological polar surface area (TPSA) is 65.0 Å². The lowest BCUT2D eigenvalue weighted by Gasteiger charge is -2.10. The lowest BCUT2D eigenvalue weighted by atomic mass is 10.2. The van der Waals surface area contributed by atoms with Gasteiger partial charge in [0.2, 0.25) is 0 Å². The van der Waals surface area contributed by atoms with E-state index in [1.54, 1.807) is 12.1 Å². The number of rotatable bonds is 8. The van der Waals surface area contributed by atoms with Gasteiger partial charge in [0.25, 0.3) is 0 Å². The standard InChI is InChI=1S/C13H22N2O3/c1-15(2)6-8-18-7-5-14-10-11-3-4-12(16)9-13(11)17/h3-4,9,14,16-17H,5-8,10H2,1-2H3. The van der Waals surface area contributed by atoms with Crippen LogP contribution in [-0.2, 0) is 11.3 Å². The Morgan fingerprint density at radius 1 is 1.22 bits per heavy atom. The van der Waals surface area contributed by atoms with Crippen molar-refractivity contribution in [1.29, 1.82) is 0 Å². The molecule has 1 aromatic carbocycles. The van der Waals surface area contributed by atoms with Crippen LogP contribution >= 0.6 is 0 Å². The van der Waals surface area contributed by atoms with Crippen LogP contribution in [0.15, 0.2) is 18.2 Å². The van der Waals surface area contributed by atoms with Gasteiger partial charge in [0, 0.05) is 31.3 Å². The predicted octanol–water partition coefficient (Wildman–Crippen LogP) is 0.766. The Bertz CT molecular complexity index is 356. The normalized spacial score (nSPS) is 11.1. The third-order valence-corrected chi connectivity index (χ3v) is 2.49. The summed E-state index contributed by atoms with van der Waals surface area (Å²) in [4.78, 5) is 2.07. The first-order valence-electron chi connectivity index (χ1n) is 6.03. The van der Waals surface area contributed by atoms with Crippen LogP contribution < -0.4 is 5.32 Å². The third kappa shape index (κ3) is 5.86. The van der Waals surface area contributed by atoms with E-state index < -0.39 is 0 Å². The molecule has 0 radical (unpaired) electrons. The van der Waals surface area contributed by atoms with Gasteiger partial charge in [-0.1, -0.05) is 6.07 Å². The van der Waals surface area contributed by atoms with E-state index in [1.165, 1.54) is 6.07 Å². The molecule has 0 bridgehead atoms. The lowest BCUT2D eigenvalue weighted by molar-refractivity contribution is 0.119. The molecule has 0 unspecified atom stereocenters. The van der Waals surface area contributed by atoms with Crippen molar-refractivity contribution in [2.24, 2.45) is 0 Å². The van der Waals surface area contributed by atoms with E-state index in [0.717, 1.165) is 25.3 Å². The van der Waals surface area contributed by atoms with Crippen LogP contribution in [0.1, 0.15) is 5.56 Å². The fraction of sp³-hybridized carbons (Fsp3) is 0.538. The molecule has 3 N–H and O–H groups in total. The van der Waals surface area contributed by atoms with Crippen LogP contribution in [0.4, 0.5) is 0 Å². The van der Waals surface area contributed by atoms with Gasteiger partial charge in [-0.2, -0.15) is 0 Å². The van der Waals surface area contributed by atoms with Gasteiger partial charge in [-0.15, -0.1) is 0 Å². The van der Waals surface area contributed by atoms with Crippen molar-refractivity contribution >= 4 is 0 Å². The van der Waals surface area contributed by atoms with E-state index in [-0.39, 0.29) is 11.5 Å². The lowest BCUT2D eigenvalue weighted by Crippen LogP contribution is -2.23. The minimum absolute atomic E-state index is 0.0725. The maximum atomic E-state index is 9.56. The summed E-state index contributed by atoms with van der Waals surface area (Å²) in [5.74, 6) is 0.180. The first-order chi connectivity index (χ1) is 8.59. The molecule has 0 spiro atoms. The summed E-state index contributed by atoms with van der Waals surface area (Å²) >= 11 is 0. The highest BCUT2D eigenvalue weighted by molar-refractivity contribution is 5.38. The molecular weight excluding hydrogens is 232 g/mol. The first kappa shape index (κ1) is 14.8. The maximum absolute atomic E-state index is 9.56. The summed E-state index contributed by atoms with van der Waals surface area (Å²) in [5, 5.41) is 21.9. The molecule has 0 aliphatic carbocycles. The molecule has 0 saturated carbocycles. The summed E-state index contributed by atoms with van der Waals surface area (Å²) in [5.41, 5.74) is 0.765. The van der Waals surface area contributed by atoms with Crippen molar-refractivity contribution in [1.82, 2.24) is 10.2 Å². The van der Waals surface area contributed by atoms with Crippen LogP contribution in [0.5, 0.6) is 11.5 Å². The molecule has 0 saturated heterocycles. The van der Waals surface area contributed by atoms with Gasteiger partial charge in [-0.3, -0.25) is 0 Å². The van der Waals surface area contributed by atoms with Crippen molar-refractivity contribution in [2.45, 2.75) is 6.54 Å². The second-order valence-electron chi connectivity index (χ2n) is 4.41. The van der Waals surface area contributed by atoms with Crippen LogP contribution in [0.2, 0.25) is 0 Å². The first-order valence-corrected chi connectivity index (χ1v) is 6.03. The third-order valence-electron chi connectivity index (χ3n) is 2.49. The second-order valence-corrected chi connectivity index (χ2v) is 4.41. The number of hydrogen-bond acceptors (Lipinski definition) is 5. The van der Waals surface area contributed by atoms with Gasteiger partial charge in [-0.25, -0.2) is 0 Å². The number of likely N-dealkylation sites (N-methyl/N-ethyl adjacent to an activating group) is 1. The Hall–Kier alpha value is -1.30. The van der Waals surface area contributed by atoms with Crippen LogP contribution in [0.3, 0.4) is 0 Å². The summed E-state index contributed by atoms with van der Waals surface area (Å²) in [7, 11) is 4.02. The van der Waals surface area contributed by atoms with E-state index in [9.17, 15) is 5.11 Å². The highest BCUT2D eigenvalue weighted by Gasteiger charge is 2.01. The van der Waals surface area contributed by atoms with Crippen LogP contribution in [0, 0.1) is 0 Å². The summed E-state index contributed by atoms with van der Waals surface area (Å²) in [6.45, 7) is 3.57. The average Bonchev–Trinajstić information content (AvgIpc) is 2.30. The monoisotopic (exact) mass is 254 g/mol. The minimum Gasteiger partial charge on any atom is -0.508 e. The van der Waals surface area contributed by atoms with Crippen LogP contribution in [-0.4, -0.2) is 55.5 Å². The average molecular weight is 254 g/mol. The van der Waals surface area contributed by atoms with Crippen molar-refractivity contribution < 1.29 is 14.9 Å². The number of ether oxygens (including phenoxy) is 1. The van der Waals surface area contributed by atoms with E-state index >= 15 is 0 Å². The van der Waals surface area contributed by atoms with Crippen molar-refractivity contribution in [3.8, 4) is 11.5 Å². The Kier molecular flexibility index (Phi) is 6.49. The van der Waals surface area contributed by atoms with E-state index in [2.05, 4.69) is 10.2 Å². The molecule has 0 heterocycles. The quantitative estimate of drug-likeness (QED) is 0.598. The van der Waals surface area contributed by atoms with Crippen molar-refractivity contribution in [3.63, 3.8) is 0 Å². The predicted molar refractivity (Wildman–Crippen MR) is 70.9 cm³/mol. The number of phenolic OH excluding ortho intramolecular Hbond substituents is 2. The van der Waals surface area contributed by atoms with Crippen molar-refractivity contribution in [3.05, 3.63) is 23.8 Å². The smallest absolute Gasteiger partial charge is 0.123 e. The maximum Gasteiger partial charge on any atom is 0.123 e. The van der Waals surface area contributed by atoms with E-state index in [0.29, 0.717) is 13.2 Å². The fourth-order valence-corrected chi connectivity index (χ4v) is 1.42. The highest BCUT2D eigenvalue weighted by Crippen LogP contribution is 2.21. The number of hydrogen-bond donors (Lipinski definition) is 3. The van der Waals surface area contributed by atoms with Gasteiger partial charge < -0.3 is 25.2 Å². The number of nitrogens with one attached hydrogen (secondary N) is 1. The molecule has 0 aliphatic heterocycles. The molecule has 5 nitrogen and oxygen atoms in total. The van der Waals surface area contributed by atoms with Crippen LogP contribution in [0.25, 0.3) is 0 Å². The largest absolute Gasteiger partial charge is 0.508 e. The molecule has 18 heavy (non-hydrogen) atoms. The van der Waals surface area contributed by atoms with Gasteiger partial charge in [0.05, 0.1) is 13.2 Å². The Morgan fingerprint density at radius 2 is 2.00 bits per heavy atom. The number of nitrogens with zero attached hydrogens (tertiary/aromatic N) is 1. The van der Waals surface area contributed by atoms with E-state index in [1.807, 2.05) is 14.1 Å². The molecule has 102 valence electrons. The fourth-order valence-electron chi connectivity index (χ4n) is 1.42. The van der Waals surface area contributed by atoms with Crippen molar-refractivity contribution in [2.75, 3.05) is 40.4 Å². The molecule has 0 aliphatic rings. The molecule has 0 aromatic heterocycles. The van der Waals surface area contributed by atoms with Gasteiger partial charge >= 0.3 is 0 Å². The Morgan fingerprint density at radius 3 is 2.67 bits per heavy atom. The molecule has 0 atom stereocenters. The molecule has 5 heteroatoms. The molecule has 1 aromatic rings. The summed E-state index contributed by atoms with van der Waals surface area (Å²) in [6.07, 6.45) is 0. The number of benzene rings is 1. The number of aromatic hydroxyl groups is 2.